The molecule has 1 saturated heterocycles. The van der Waals surface area contributed by atoms with E-state index in [4.69, 9.17) is 9.72 Å². The standard InChI is InChI=1S/C38H28N2O4/c1-2-44-29-17-9-8-16-28(29)31-34(35(41)25-11-4-3-5-12-25)40-30(38(31)36(42)26-14-6-7-15-27(26)37(38)43)21-20-24-19-18-23-13-10-22-39-32(23)33(24)40/h3-22,30-31,34H,2H2,1H3/t30-,31+,34+/m1/s1. The maximum atomic E-state index is 15.0. The molecule has 2 aliphatic heterocycles. The summed E-state index contributed by atoms with van der Waals surface area (Å²) >= 11 is 0. The maximum absolute atomic E-state index is 15.0. The molecule has 1 spiro atoms. The summed E-state index contributed by atoms with van der Waals surface area (Å²) in [5.41, 5.74) is 2.67. The number of pyridine rings is 1. The van der Waals surface area contributed by atoms with Gasteiger partial charge in [0.2, 0.25) is 0 Å². The highest BCUT2D eigenvalue weighted by atomic mass is 16.5. The fourth-order valence-electron chi connectivity index (χ4n) is 7.72. The quantitative estimate of drug-likeness (QED) is 0.167. The van der Waals surface area contributed by atoms with E-state index in [1.807, 2.05) is 90.7 Å². The SMILES string of the molecule is CCOc1ccccc1[C@H]1[C@@H](C(=O)c2ccccc2)N2c3c(ccc4cccnc34)C=C[C@@H]2C12C(=O)c1ccccc1C2=O. The van der Waals surface area contributed by atoms with Crippen LogP contribution in [0.2, 0.25) is 0 Å². The summed E-state index contributed by atoms with van der Waals surface area (Å²) < 4.78 is 6.14. The molecular weight excluding hydrogens is 548 g/mol. The van der Waals surface area contributed by atoms with Gasteiger partial charge in [0.25, 0.3) is 0 Å². The number of carbonyl (C=O) groups is 3. The lowest BCUT2D eigenvalue weighted by atomic mass is 9.64. The second-order valence-electron chi connectivity index (χ2n) is 11.5. The minimum atomic E-state index is -1.61. The molecule has 0 amide bonds. The largest absolute Gasteiger partial charge is 0.494 e. The van der Waals surface area contributed by atoms with Gasteiger partial charge >= 0.3 is 0 Å². The predicted octanol–water partition coefficient (Wildman–Crippen LogP) is 6.95. The Morgan fingerprint density at radius 1 is 0.841 bits per heavy atom. The van der Waals surface area contributed by atoms with Crippen LogP contribution in [0.1, 0.15) is 55.0 Å². The summed E-state index contributed by atoms with van der Waals surface area (Å²) in [6.07, 6.45) is 5.64. The number of rotatable bonds is 5. The second kappa shape index (κ2) is 9.85. The van der Waals surface area contributed by atoms with E-state index in [1.54, 1.807) is 42.6 Å². The molecule has 3 heterocycles. The average molecular weight is 577 g/mol. The van der Waals surface area contributed by atoms with Crippen molar-refractivity contribution in [1.82, 2.24) is 4.98 Å². The van der Waals surface area contributed by atoms with Crippen molar-refractivity contribution in [3.8, 4) is 5.75 Å². The van der Waals surface area contributed by atoms with Crippen LogP contribution >= 0.6 is 0 Å². The van der Waals surface area contributed by atoms with Gasteiger partial charge in [0.1, 0.15) is 17.2 Å². The van der Waals surface area contributed by atoms with Gasteiger partial charge < -0.3 is 9.64 Å². The van der Waals surface area contributed by atoms with Gasteiger partial charge in [-0.1, -0.05) is 103 Å². The Bertz CT molecular complexity index is 2000. The van der Waals surface area contributed by atoms with Crippen LogP contribution in [0.25, 0.3) is 17.0 Å². The van der Waals surface area contributed by atoms with Gasteiger partial charge in [-0.2, -0.15) is 0 Å². The van der Waals surface area contributed by atoms with E-state index < -0.39 is 23.4 Å². The molecule has 3 aliphatic rings. The summed E-state index contributed by atoms with van der Waals surface area (Å²) in [5.74, 6) is -1.01. The maximum Gasteiger partial charge on any atom is 0.185 e. The van der Waals surface area contributed by atoms with Crippen LogP contribution in [-0.2, 0) is 0 Å². The zero-order valence-corrected chi connectivity index (χ0v) is 24.0. The van der Waals surface area contributed by atoms with Gasteiger partial charge in [-0.25, -0.2) is 0 Å². The van der Waals surface area contributed by atoms with Gasteiger partial charge in [0, 0.05) is 39.8 Å². The van der Waals surface area contributed by atoms with Crippen molar-refractivity contribution in [1.29, 1.82) is 0 Å². The third kappa shape index (κ3) is 3.42. The number of nitrogens with zero attached hydrogens (tertiary/aromatic N) is 2. The molecule has 8 rings (SSSR count). The van der Waals surface area contributed by atoms with Crippen LogP contribution in [0, 0.1) is 5.41 Å². The van der Waals surface area contributed by atoms with Gasteiger partial charge in [0.05, 0.1) is 23.9 Å². The van der Waals surface area contributed by atoms with E-state index in [9.17, 15) is 14.4 Å². The fourth-order valence-corrected chi connectivity index (χ4v) is 7.72. The van der Waals surface area contributed by atoms with Crippen molar-refractivity contribution in [3.05, 3.63) is 143 Å². The first kappa shape index (κ1) is 26.3. The highest BCUT2D eigenvalue weighted by molar-refractivity contribution is 6.32. The number of ether oxygens (including phenoxy) is 1. The summed E-state index contributed by atoms with van der Waals surface area (Å²) in [6, 6.07) is 29.9. The number of aromatic nitrogens is 1. The lowest BCUT2D eigenvalue weighted by molar-refractivity contribution is 0.0664. The summed E-state index contributed by atoms with van der Waals surface area (Å²) in [6.45, 7) is 2.29. The van der Waals surface area contributed by atoms with Crippen molar-refractivity contribution in [2.75, 3.05) is 11.5 Å². The van der Waals surface area contributed by atoms with Crippen LogP contribution in [-0.4, -0.2) is 41.0 Å². The average Bonchev–Trinajstić information content (AvgIpc) is 3.50. The molecular formula is C38H28N2O4. The molecule has 0 N–H and O–H groups in total. The zero-order valence-electron chi connectivity index (χ0n) is 24.0. The number of anilines is 1. The number of hydrogen-bond acceptors (Lipinski definition) is 6. The zero-order chi connectivity index (χ0) is 30.0. The van der Waals surface area contributed by atoms with Crippen LogP contribution < -0.4 is 9.64 Å². The Hall–Kier alpha value is -5.36. The molecule has 0 saturated carbocycles. The molecule has 1 aromatic heterocycles. The Morgan fingerprint density at radius 2 is 1.55 bits per heavy atom. The second-order valence-corrected chi connectivity index (χ2v) is 11.5. The predicted molar refractivity (Wildman–Crippen MR) is 169 cm³/mol. The molecule has 0 unspecified atom stereocenters. The van der Waals surface area contributed by atoms with Gasteiger partial charge in [-0.15, -0.1) is 0 Å². The first-order valence-corrected chi connectivity index (χ1v) is 14.9. The lowest BCUT2D eigenvalue weighted by Gasteiger charge is -2.37. The van der Waals surface area contributed by atoms with E-state index in [2.05, 4.69) is 0 Å². The molecule has 214 valence electrons. The third-order valence-electron chi connectivity index (χ3n) is 9.42. The van der Waals surface area contributed by atoms with Gasteiger partial charge in [0.15, 0.2) is 17.3 Å². The lowest BCUT2D eigenvalue weighted by Crippen LogP contribution is -2.48. The molecule has 1 fully saturated rings. The highest BCUT2D eigenvalue weighted by Gasteiger charge is 2.72. The molecule has 4 aromatic carbocycles. The monoisotopic (exact) mass is 576 g/mol. The van der Waals surface area contributed by atoms with Crippen LogP contribution in [0.15, 0.2) is 115 Å². The Morgan fingerprint density at radius 3 is 2.30 bits per heavy atom. The van der Waals surface area contributed by atoms with Crippen LogP contribution in [0.3, 0.4) is 0 Å². The number of ketones is 3. The van der Waals surface area contributed by atoms with Crippen LogP contribution in [0.4, 0.5) is 5.69 Å². The van der Waals surface area contributed by atoms with Gasteiger partial charge in [-0.05, 0) is 24.6 Å². The molecule has 5 aromatic rings. The number of fused-ring (bicyclic) bond motifs is 7. The highest BCUT2D eigenvalue weighted by Crippen LogP contribution is 2.62. The molecule has 6 nitrogen and oxygen atoms in total. The van der Waals surface area contributed by atoms with Crippen molar-refractivity contribution in [2.24, 2.45) is 5.41 Å². The summed E-state index contributed by atoms with van der Waals surface area (Å²) in [4.78, 5) is 51.7. The van der Waals surface area contributed by atoms with E-state index in [1.165, 1.54) is 0 Å². The number of Topliss-reactive ketones (excluding diaryl/α,β-unsaturated/α-hetero) is 3. The number of carbonyl (C=O) groups excluding carboxylic acids is 3. The molecule has 0 radical (unpaired) electrons. The number of hydrogen-bond donors (Lipinski definition) is 0. The normalized spacial score (nSPS) is 20.9. The van der Waals surface area contributed by atoms with Crippen molar-refractivity contribution < 1.29 is 19.1 Å². The number of para-hydroxylation sites is 1. The first-order valence-electron chi connectivity index (χ1n) is 14.9. The van der Waals surface area contributed by atoms with E-state index in [-0.39, 0.29) is 17.3 Å². The first-order chi connectivity index (χ1) is 21.6. The molecule has 6 heteroatoms. The third-order valence-corrected chi connectivity index (χ3v) is 9.42. The fraction of sp³-hybridized carbons (Fsp3) is 0.158. The van der Waals surface area contributed by atoms with Crippen molar-refractivity contribution in [3.63, 3.8) is 0 Å². The number of benzene rings is 4. The van der Waals surface area contributed by atoms with E-state index >= 15 is 0 Å². The molecule has 1 aliphatic carbocycles. The van der Waals surface area contributed by atoms with Crippen LogP contribution in [0.5, 0.6) is 5.75 Å². The van der Waals surface area contributed by atoms with Crippen molar-refractivity contribution in [2.45, 2.75) is 24.9 Å². The van der Waals surface area contributed by atoms with E-state index in [0.29, 0.717) is 34.6 Å². The molecule has 0 bridgehead atoms. The minimum absolute atomic E-state index is 0.172. The van der Waals surface area contributed by atoms with Gasteiger partial charge in [-0.3, -0.25) is 19.4 Å². The van der Waals surface area contributed by atoms with Crippen molar-refractivity contribution >= 4 is 40.0 Å². The molecule has 3 atom stereocenters. The smallest absolute Gasteiger partial charge is 0.185 e. The summed E-state index contributed by atoms with van der Waals surface area (Å²) in [5, 5.41) is 0.908. The Kier molecular flexibility index (Phi) is 5.88. The summed E-state index contributed by atoms with van der Waals surface area (Å²) in [7, 11) is 0. The molecule has 44 heavy (non-hydrogen) atoms. The topological polar surface area (TPSA) is 76.6 Å². The minimum Gasteiger partial charge on any atom is -0.494 e. The Balaban J connectivity index is 1.50. The Labute approximate surface area is 254 Å². The van der Waals surface area contributed by atoms with E-state index in [0.717, 1.165) is 22.2 Å².